The van der Waals surface area contributed by atoms with Crippen LogP contribution in [0.1, 0.15) is 23.7 Å². The monoisotopic (exact) mass is 248 g/mol. The maximum absolute atomic E-state index is 11.5. The van der Waals surface area contributed by atoms with E-state index in [-0.39, 0.29) is 5.78 Å². The molecule has 3 nitrogen and oxygen atoms in total. The molecule has 0 saturated heterocycles. The van der Waals surface area contributed by atoms with E-state index in [1.807, 2.05) is 5.40 Å². The van der Waals surface area contributed by atoms with Crippen LogP contribution in [0.4, 0.5) is 5.69 Å². The molecule has 1 aromatic carbocycles. The second kappa shape index (κ2) is 6.19. The van der Waals surface area contributed by atoms with Crippen LogP contribution in [0.5, 0.6) is 0 Å². The Balaban J connectivity index is 3.22. The number of nitrogens with zero attached hydrogens (tertiary/aromatic N) is 2. The fourth-order valence-electron chi connectivity index (χ4n) is 1.16. The molecule has 0 amide bonds. The maximum Gasteiger partial charge on any atom is 0.162 e. The average Bonchev–Trinajstić information content (AvgIpc) is 2.31. The summed E-state index contributed by atoms with van der Waals surface area (Å²) in [4.78, 5) is 15.9. The maximum atomic E-state index is 11.5. The third kappa shape index (κ3) is 3.01. The molecule has 0 unspecified atom stereocenters. The highest BCUT2D eigenvalue weighted by atomic mass is 32.2. The Labute approximate surface area is 103 Å². The predicted octanol–water partition coefficient (Wildman–Crippen LogP) is 3.59. The minimum atomic E-state index is 0.0395. The minimum Gasteiger partial charge on any atom is -0.294 e. The molecule has 0 N–H and O–H groups in total. The van der Waals surface area contributed by atoms with Crippen molar-refractivity contribution in [2.45, 2.75) is 18.2 Å². The minimum absolute atomic E-state index is 0.0395. The number of nitriles is 1. The van der Waals surface area contributed by atoms with Crippen molar-refractivity contribution in [1.82, 2.24) is 0 Å². The van der Waals surface area contributed by atoms with Crippen molar-refractivity contribution < 1.29 is 4.79 Å². The number of thiocyanates is 1. The first kappa shape index (κ1) is 12.6. The van der Waals surface area contributed by atoms with Crippen LogP contribution in [0.3, 0.4) is 0 Å². The van der Waals surface area contributed by atoms with Crippen molar-refractivity contribution in [2.75, 3.05) is 0 Å². The first-order valence-electron chi connectivity index (χ1n) is 4.54. The smallest absolute Gasteiger partial charge is 0.162 e. The molecular formula is C11H8N2OS2. The van der Waals surface area contributed by atoms with Crippen molar-refractivity contribution in [1.29, 1.82) is 5.26 Å². The Morgan fingerprint density at radius 2 is 2.38 bits per heavy atom. The summed E-state index contributed by atoms with van der Waals surface area (Å²) in [5.74, 6) is 0.0395. The van der Waals surface area contributed by atoms with Gasteiger partial charge in [-0.15, -0.1) is 0 Å². The van der Waals surface area contributed by atoms with Crippen LogP contribution in [-0.4, -0.2) is 10.9 Å². The molecule has 0 fully saturated rings. The van der Waals surface area contributed by atoms with Crippen LogP contribution in [0.15, 0.2) is 28.1 Å². The third-order valence-electron chi connectivity index (χ3n) is 1.92. The van der Waals surface area contributed by atoms with Gasteiger partial charge in [0, 0.05) is 16.9 Å². The molecule has 0 saturated carbocycles. The summed E-state index contributed by atoms with van der Waals surface area (Å²) in [6, 6.07) is 5.01. The number of ketones is 1. The lowest BCUT2D eigenvalue weighted by Gasteiger charge is -2.02. The van der Waals surface area contributed by atoms with E-state index in [1.165, 1.54) is 0 Å². The zero-order chi connectivity index (χ0) is 12.0. The van der Waals surface area contributed by atoms with Gasteiger partial charge in [-0.2, -0.15) is 10.3 Å². The van der Waals surface area contributed by atoms with Crippen molar-refractivity contribution in [3.8, 4) is 5.40 Å². The average molecular weight is 248 g/mol. The molecule has 0 spiro atoms. The number of thioether (sulfide) groups is 1. The van der Waals surface area contributed by atoms with E-state index in [0.29, 0.717) is 22.6 Å². The molecule has 0 aliphatic rings. The van der Waals surface area contributed by atoms with Gasteiger partial charge in [-0.05, 0) is 42.2 Å². The van der Waals surface area contributed by atoms with Gasteiger partial charge in [0.05, 0.1) is 10.8 Å². The number of hydrogen-bond donors (Lipinski definition) is 0. The van der Waals surface area contributed by atoms with Crippen molar-refractivity contribution in [3.63, 3.8) is 0 Å². The first-order chi connectivity index (χ1) is 7.72. The zero-order valence-electron chi connectivity index (χ0n) is 8.56. The van der Waals surface area contributed by atoms with E-state index < -0.39 is 0 Å². The molecular weight excluding hydrogens is 240 g/mol. The molecule has 1 aromatic rings. The van der Waals surface area contributed by atoms with Crippen molar-refractivity contribution in [3.05, 3.63) is 23.8 Å². The number of carbonyl (C=O) groups is 1. The standard InChI is InChI=1S/C11H8N2OS2/c1-2-10(14)8-3-4-9(13-7-15)11(5-8)16-6-12/h3-5H,2H2,1H3. The van der Waals surface area contributed by atoms with Gasteiger partial charge in [-0.3, -0.25) is 4.79 Å². The molecule has 0 heterocycles. The molecule has 16 heavy (non-hydrogen) atoms. The summed E-state index contributed by atoms with van der Waals surface area (Å²) in [5, 5.41) is 12.8. The first-order valence-corrected chi connectivity index (χ1v) is 5.76. The van der Waals surface area contributed by atoms with Gasteiger partial charge in [0.2, 0.25) is 0 Å². The summed E-state index contributed by atoms with van der Waals surface area (Å²) < 4.78 is 0. The van der Waals surface area contributed by atoms with Gasteiger partial charge in [-0.25, -0.2) is 0 Å². The highest BCUT2D eigenvalue weighted by molar-refractivity contribution is 8.03. The predicted molar refractivity (Wildman–Crippen MR) is 67.2 cm³/mol. The number of benzene rings is 1. The second-order valence-electron chi connectivity index (χ2n) is 2.86. The van der Waals surface area contributed by atoms with Gasteiger partial charge < -0.3 is 0 Å². The summed E-state index contributed by atoms with van der Waals surface area (Å²) >= 11 is 5.47. The normalized spacial score (nSPS) is 9.00. The van der Waals surface area contributed by atoms with Crippen molar-refractivity contribution in [2.24, 2.45) is 4.99 Å². The summed E-state index contributed by atoms with van der Waals surface area (Å²) in [5.41, 5.74) is 1.15. The molecule has 0 radical (unpaired) electrons. The quantitative estimate of drug-likeness (QED) is 0.269. The number of hydrogen-bond acceptors (Lipinski definition) is 5. The Kier molecular flexibility index (Phi) is 4.87. The van der Waals surface area contributed by atoms with Gasteiger partial charge in [0.1, 0.15) is 5.40 Å². The number of Topliss-reactive ketones (excluding diaryl/α,β-unsaturated/α-hetero) is 1. The Hall–Kier alpha value is -1.47. The van der Waals surface area contributed by atoms with Crippen LogP contribution in [0, 0.1) is 10.7 Å². The Morgan fingerprint density at radius 3 is 2.94 bits per heavy atom. The summed E-state index contributed by atoms with van der Waals surface area (Å²) in [6.45, 7) is 1.79. The largest absolute Gasteiger partial charge is 0.294 e. The van der Waals surface area contributed by atoms with E-state index in [0.717, 1.165) is 11.8 Å². The molecule has 80 valence electrons. The Bertz CT molecular complexity index is 499. The van der Waals surface area contributed by atoms with E-state index in [9.17, 15) is 4.79 Å². The van der Waals surface area contributed by atoms with E-state index in [2.05, 4.69) is 22.4 Å². The third-order valence-corrected chi connectivity index (χ3v) is 2.65. The van der Waals surface area contributed by atoms with Gasteiger partial charge in [0.25, 0.3) is 0 Å². The fraction of sp³-hybridized carbons (Fsp3) is 0.182. The van der Waals surface area contributed by atoms with Gasteiger partial charge in [0.15, 0.2) is 5.78 Å². The van der Waals surface area contributed by atoms with Gasteiger partial charge in [-0.1, -0.05) is 6.92 Å². The lowest BCUT2D eigenvalue weighted by atomic mass is 10.1. The number of isothiocyanates is 1. The van der Waals surface area contributed by atoms with E-state index >= 15 is 0 Å². The molecule has 5 heteroatoms. The molecule has 0 aromatic heterocycles. The summed E-state index contributed by atoms with van der Waals surface area (Å²) in [7, 11) is 0. The Morgan fingerprint density at radius 1 is 1.62 bits per heavy atom. The number of rotatable bonds is 4. The van der Waals surface area contributed by atoms with Crippen LogP contribution >= 0.6 is 24.0 Å². The van der Waals surface area contributed by atoms with Crippen molar-refractivity contribution >= 4 is 40.6 Å². The van der Waals surface area contributed by atoms with E-state index in [1.54, 1.807) is 25.1 Å². The van der Waals surface area contributed by atoms with Crippen LogP contribution in [-0.2, 0) is 0 Å². The molecule has 0 aliphatic carbocycles. The SMILES string of the molecule is CCC(=O)c1ccc(N=C=S)c(SC#N)c1. The van der Waals surface area contributed by atoms with Gasteiger partial charge >= 0.3 is 0 Å². The zero-order valence-corrected chi connectivity index (χ0v) is 10.2. The fourth-order valence-corrected chi connectivity index (χ4v) is 1.77. The van der Waals surface area contributed by atoms with Crippen LogP contribution in [0.25, 0.3) is 0 Å². The molecule has 0 bridgehead atoms. The van der Waals surface area contributed by atoms with Crippen LogP contribution in [0.2, 0.25) is 0 Å². The highest BCUT2D eigenvalue weighted by Crippen LogP contribution is 2.30. The number of thiocarbonyl (C=S) groups is 1. The number of aliphatic imine (C=N–C) groups is 1. The topological polar surface area (TPSA) is 53.2 Å². The van der Waals surface area contributed by atoms with Crippen LogP contribution < -0.4 is 0 Å². The lowest BCUT2D eigenvalue weighted by molar-refractivity contribution is 0.0988. The summed E-state index contributed by atoms with van der Waals surface area (Å²) in [6.07, 6.45) is 0.437. The van der Waals surface area contributed by atoms with E-state index in [4.69, 9.17) is 5.26 Å². The molecule has 0 atom stereocenters. The second-order valence-corrected chi connectivity index (χ2v) is 3.86. The molecule has 0 aliphatic heterocycles. The number of carbonyl (C=O) groups excluding carboxylic acids is 1. The lowest BCUT2D eigenvalue weighted by Crippen LogP contribution is -1.95. The molecule has 1 rings (SSSR count). The highest BCUT2D eigenvalue weighted by Gasteiger charge is 2.08.